The molecule has 0 radical (unpaired) electrons. The van der Waals surface area contributed by atoms with Crippen molar-refractivity contribution in [2.24, 2.45) is 11.0 Å². The molecule has 7 heteroatoms. The van der Waals surface area contributed by atoms with Crippen molar-refractivity contribution in [2.45, 2.75) is 6.42 Å². The molecule has 1 saturated heterocycles. The lowest BCUT2D eigenvalue weighted by atomic mass is 10.1. The van der Waals surface area contributed by atoms with Gasteiger partial charge < -0.3 is 0 Å². The van der Waals surface area contributed by atoms with Crippen LogP contribution in [0, 0.1) is 5.92 Å². The van der Waals surface area contributed by atoms with Gasteiger partial charge in [0.2, 0.25) is 5.91 Å². The van der Waals surface area contributed by atoms with E-state index in [1.54, 1.807) is 17.2 Å². The molecule has 6 nitrogen and oxygen atoms in total. The van der Waals surface area contributed by atoms with Gasteiger partial charge in [0, 0.05) is 30.6 Å². The molecule has 0 spiro atoms. The Balaban J connectivity index is 2.16. The number of nitrogens with zero attached hydrogens (tertiary/aromatic N) is 5. The second-order valence-corrected chi connectivity index (χ2v) is 4.65. The first kappa shape index (κ1) is 11.9. The van der Waals surface area contributed by atoms with Gasteiger partial charge in [0.15, 0.2) is 0 Å². The number of pyridine rings is 1. The Bertz CT molecular complexity index is 485. The first-order valence-electron chi connectivity index (χ1n) is 5.14. The average Bonchev–Trinajstić information content (AvgIpc) is 2.68. The quantitative estimate of drug-likeness (QED) is 0.488. The maximum atomic E-state index is 11.8. The first-order valence-corrected chi connectivity index (χ1v) is 5.93. The molecule has 0 aliphatic carbocycles. The Kier molecular flexibility index (Phi) is 3.61. The number of hydrogen-bond acceptors (Lipinski definition) is 3. The summed E-state index contributed by atoms with van der Waals surface area (Å²) in [5.41, 5.74) is 8.26. The Morgan fingerprint density at radius 1 is 1.71 bits per heavy atom. The number of azide groups is 1. The minimum absolute atomic E-state index is 0.0162. The highest BCUT2D eigenvalue weighted by Crippen LogP contribution is 2.29. The van der Waals surface area contributed by atoms with Gasteiger partial charge in [-0.1, -0.05) is 5.11 Å². The van der Waals surface area contributed by atoms with E-state index in [4.69, 9.17) is 5.53 Å². The zero-order chi connectivity index (χ0) is 12.3. The van der Waals surface area contributed by atoms with E-state index in [9.17, 15) is 4.79 Å². The van der Waals surface area contributed by atoms with Crippen LogP contribution in [0.2, 0.25) is 0 Å². The SMILES string of the molecule is [N-]=[N+]=NCC1CC(=O)N(c2ncccc2Br)C1. The molecule has 1 unspecified atom stereocenters. The highest BCUT2D eigenvalue weighted by atomic mass is 79.9. The van der Waals surface area contributed by atoms with Crippen LogP contribution in [0.5, 0.6) is 0 Å². The zero-order valence-electron chi connectivity index (χ0n) is 8.95. The number of aromatic nitrogens is 1. The van der Waals surface area contributed by atoms with Crippen LogP contribution in [-0.4, -0.2) is 24.0 Å². The normalized spacial score (nSPS) is 19.2. The fraction of sp³-hybridized carbons (Fsp3) is 0.400. The van der Waals surface area contributed by atoms with Crippen LogP contribution in [0.3, 0.4) is 0 Å². The van der Waals surface area contributed by atoms with Gasteiger partial charge in [-0.15, -0.1) is 0 Å². The summed E-state index contributed by atoms with van der Waals surface area (Å²) in [4.78, 5) is 20.3. The van der Waals surface area contributed by atoms with Crippen LogP contribution in [0.4, 0.5) is 5.82 Å². The maximum absolute atomic E-state index is 11.8. The molecule has 2 heterocycles. The maximum Gasteiger partial charge on any atom is 0.228 e. The lowest BCUT2D eigenvalue weighted by Gasteiger charge is -2.16. The minimum Gasteiger partial charge on any atom is -0.296 e. The summed E-state index contributed by atoms with van der Waals surface area (Å²) < 4.78 is 0.790. The molecule has 88 valence electrons. The standard InChI is InChI=1S/C10H10BrN5O/c11-8-2-1-3-13-10(8)16-6-7(4-9(16)17)5-14-15-12/h1-3,7H,4-6H2. The highest BCUT2D eigenvalue weighted by Gasteiger charge is 2.31. The van der Waals surface area contributed by atoms with Crippen molar-refractivity contribution in [3.05, 3.63) is 33.2 Å². The van der Waals surface area contributed by atoms with Crippen LogP contribution in [0.25, 0.3) is 10.4 Å². The van der Waals surface area contributed by atoms with Gasteiger partial charge >= 0.3 is 0 Å². The number of carbonyl (C=O) groups is 1. The fourth-order valence-electron chi connectivity index (χ4n) is 1.84. The number of rotatable bonds is 3. The Labute approximate surface area is 106 Å². The topological polar surface area (TPSA) is 82.0 Å². The summed E-state index contributed by atoms with van der Waals surface area (Å²) in [6.07, 6.45) is 2.05. The van der Waals surface area contributed by atoms with E-state index in [0.717, 1.165) is 4.47 Å². The number of amides is 1. The third-order valence-corrected chi connectivity index (χ3v) is 3.22. The molecule has 1 aromatic heterocycles. The fourth-order valence-corrected chi connectivity index (χ4v) is 2.31. The lowest BCUT2D eigenvalue weighted by molar-refractivity contribution is -0.117. The van der Waals surface area contributed by atoms with Gasteiger partial charge in [-0.3, -0.25) is 9.69 Å². The molecule has 1 fully saturated rings. The molecule has 1 atom stereocenters. The van der Waals surface area contributed by atoms with E-state index >= 15 is 0 Å². The highest BCUT2D eigenvalue weighted by molar-refractivity contribution is 9.10. The van der Waals surface area contributed by atoms with Crippen LogP contribution in [0.1, 0.15) is 6.42 Å². The minimum atomic E-state index is 0.0162. The third-order valence-electron chi connectivity index (χ3n) is 2.60. The molecule has 1 aliphatic rings. The largest absolute Gasteiger partial charge is 0.296 e. The molecule has 1 aliphatic heterocycles. The van der Waals surface area contributed by atoms with E-state index in [1.807, 2.05) is 6.07 Å². The average molecular weight is 296 g/mol. The molecule has 2 rings (SSSR count). The summed E-state index contributed by atoms with van der Waals surface area (Å²) in [7, 11) is 0. The number of halogens is 1. The summed E-state index contributed by atoms with van der Waals surface area (Å²) in [5.74, 6) is 0.718. The molecule has 0 N–H and O–H groups in total. The van der Waals surface area contributed by atoms with E-state index in [0.29, 0.717) is 25.3 Å². The molecular formula is C10H10BrN5O. The van der Waals surface area contributed by atoms with Gasteiger partial charge in [-0.25, -0.2) is 4.98 Å². The van der Waals surface area contributed by atoms with Crippen molar-refractivity contribution in [1.82, 2.24) is 4.98 Å². The van der Waals surface area contributed by atoms with Crippen LogP contribution in [-0.2, 0) is 4.79 Å². The van der Waals surface area contributed by atoms with Crippen LogP contribution in [0.15, 0.2) is 27.9 Å². The van der Waals surface area contributed by atoms with Crippen molar-refractivity contribution in [3.63, 3.8) is 0 Å². The Morgan fingerprint density at radius 3 is 3.24 bits per heavy atom. The van der Waals surface area contributed by atoms with Crippen molar-refractivity contribution >= 4 is 27.7 Å². The lowest BCUT2D eigenvalue weighted by Crippen LogP contribution is -2.26. The van der Waals surface area contributed by atoms with E-state index < -0.39 is 0 Å². The van der Waals surface area contributed by atoms with Crippen LogP contribution >= 0.6 is 15.9 Å². The molecule has 0 saturated carbocycles. The second-order valence-electron chi connectivity index (χ2n) is 3.80. The third kappa shape index (κ3) is 2.57. The molecule has 1 aromatic rings. The number of hydrogen-bond donors (Lipinski definition) is 0. The number of carbonyl (C=O) groups excluding carboxylic acids is 1. The summed E-state index contributed by atoms with van der Waals surface area (Å²) in [5, 5.41) is 3.51. The first-order chi connectivity index (χ1) is 8.22. The zero-order valence-corrected chi connectivity index (χ0v) is 10.5. The van der Waals surface area contributed by atoms with Crippen molar-refractivity contribution in [1.29, 1.82) is 0 Å². The summed E-state index contributed by atoms with van der Waals surface area (Å²) in [6.45, 7) is 0.899. The van der Waals surface area contributed by atoms with Gasteiger partial charge in [0.1, 0.15) is 5.82 Å². The van der Waals surface area contributed by atoms with Crippen molar-refractivity contribution < 1.29 is 4.79 Å². The smallest absolute Gasteiger partial charge is 0.228 e. The van der Waals surface area contributed by atoms with E-state index in [2.05, 4.69) is 30.9 Å². The molecule has 17 heavy (non-hydrogen) atoms. The molecule has 0 aromatic carbocycles. The van der Waals surface area contributed by atoms with Gasteiger partial charge in [0.05, 0.1) is 4.47 Å². The molecule has 1 amide bonds. The second kappa shape index (κ2) is 5.16. The Morgan fingerprint density at radius 2 is 2.53 bits per heavy atom. The monoisotopic (exact) mass is 295 g/mol. The number of anilines is 1. The Hall–Kier alpha value is -1.59. The van der Waals surface area contributed by atoms with E-state index in [1.165, 1.54) is 0 Å². The predicted molar refractivity (Wildman–Crippen MR) is 66.4 cm³/mol. The van der Waals surface area contributed by atoms with E-state index in [-0.39, 0.29) is 11.8 Å². The van der Waals surface area contributed by atoms with Gasteiger partial charge in [-0.05, 0) is 39.5 Å². The van der Waals surface area contributed by atoms with Gasteiger partial charge in [0.25, 0.3) is 0 Å². The van der Waals surface area contributed by atoms with Crippen molar-refractivity contribution in [3.8, 4) is 0 Å². The molecule has 0 bridgehead atoms. The van der Waals surface area contributed by atoms with Crippen LogP contribution < -0.4 is 4.90 Å². The summed E-state index contributed by atoms with van der Waals surface area (Å²) >= 11 is 3.37. The molecular weight excluding hydrogens is 286 g/mol. The van der Waals surface area contributed by atoms with Crippen molar-refractivity contribution in [2.75, 3.05) is 18.0 Å². The predicted octanol–water partition coefficient (Wildman–Crippen LogP) is 2.51. The summed E-state index contributed by atoms with van der Waals surface area (Å²) in [6, 6.07) is 3.64. The van der Waals surface area contributed by atoms with Gasteiger partial charge in [-0.2, -0.15) is 0 Å².